The average molecular weight is 415 g/mol. The lowest BCUT2D eigenvalue weighted by atomic mass is 10.0. The van der Waals surface area contributed by atoms with E-state index < -0.39 is 0 Å². The van der Waals surface area contributed by atoms with Crippen LogP contribution in [-0.2, 0) is 12.8 Å². The van der Waals surface area contributed by atoms with Crippen LogP contribution >= 0.6 is 15.9 Å². The monoisotopic (exact) mass is 414 g/mol. The number of benzene rings is 2. The fourth-order valence-electron chi connectivity index (χ4n) is 4.29. The Labute approximate surface area is 165 Å². The van der Waals surface area contributed by atoms with Crippen LogP contribution in [-0.4, -0.2) is 44.2 Å². The molecular formula is C22H27BrN2O. The number of likely N-dealkylation sites (tertiary alicyclic amines) is 1. The average Bonchev–Trinajstić information content (AvgIpc) is 3.10. The van der Waals surface area contributed by atoms with Gasteiger partial charge in [0.2, 0.25) is 0 Å². The van der Waals surface area contributed by atoms with Crippen molar-refractivity contribution in [3.63, 3.8) is 0 Å². The molecule has 0 spiro atoms. The van der Waals surface area contributed by atoms with E-state index in [1.807, 2.05) is 0 Å². The second kappa shape index (κ2) is 8.01. The zero-order valence-corrected chi connectivity index (χ0v) is 17.0. The first-order valence-corrected chi connectivity index (χ1v) is 10.4. The molecule has 138 valence electrons. The number of ether oxygens (including phenoxy) is 1. The number of piperidine rings is 1. The molecule has 0 atom stereocenters. The number of halogens is 1. The summed E-state index contributed by atoms with van der Waals surface area (Å²) in [6.45, 7) is 4.75. The van der Waals surface area contributed by atoms with E-state index in [-0.39, 0.29) is 0 Å². The summed E-state index contributed by atoms with van der Waals surface area (Å²) in [6.07, 6.45) is 4.86. The molecule has 2 aromatic carbocycles. The Hall–Kier alpha value is -1.52. The molecule has 1 saturated heterocycles. The summed E-state index contributed by atoms with van der Waals surface area (Å²) in [5.41, 5.74) is 4.36. The van der Waals surface area contributed by atoms with Gasteiger partial charge in [0.05, 0.1) is 7.11 Å². The Bertz CT molecular complexity index is 738. The Morgan fingerprint density at radius 3 is 2.54 bits per heavy atom. The van der Waals surface area contributed by atoms with Crippen LogP contribution in [0.2, 0.25) is 0 Å². The summed E-state index contributed by atoms with van der Waals surface area (Å²) in [7, 11) is 1.72. The third-order valence-corrected chi connectivity index (χ3v) is 6.35. The maximum atomic E-state index is 5.24. The van der Waals surface area contributed by atoms with E-state index in [9.17, 15) is 0 Å². The topological polar surface area (TPSA) is 15.7 Å². The molecule has 2 aliphatic heterocycles. The van der Waals surface area contributed by atoms with Gasteiger partial charge in [-0.25, -0.2) is 0 Å². The molecular weight excluding hydrogens is 388 g/mol. The zero-order valence-electron chi connectivity index (χ0n) is 15.5. The smallest absolute Gasteiger partial charge is 0.118 e. The minimum atomic E-state index is 0.697. The molecule has 2 aliphatic rings. The summed E-state index contributed by atoms with van der Waals surface area (Å²) < 4.78 is 6.43. The second-order valence-corrected chi connectivity index (χ2v) is 8.30. The second-order valence-electron chi connectivity index (χ2n) is 7.39. The largest absolute Gasteiger partial charge is 0.497 e. The molecule has 1 fully saturated rings. The van der Waals surface area contributed by atoms with Crippen LogP contribution in [0.4, 0.5) is 5.69 Å². The van der Waals surface area contributed by atoms with Gasteiger partial charge >= 0.3 is 0 Å². The van der Waals surface area contributed by atoms with Gasteiger partial charge in [0.15, 0.2) is 0 Å². The molecule has 0 bridgehead atoms. The van der Waals surface area contributed by atoms with Crippen LogP contribution in [0.25, 0.3) is 0 Å². The number of rotatable bonds is 5. The van der Waals surface area contributed by atoms with Gasteiger partial charge in [-0.3, -0.25) is 0 Å². The number of fused-ring (bicyclic) bond motifs is 1. The molecule has 0 radical (unpaired) electrons. The molecule has 0 N–H and O–H groups in total. The third-order valence-electron chi connectivity index (χ3n) is 5.85. The number of nitrogens with zero attached hydrogens (tertiary/aromatic N) is 2. The minimum Gasteiger partial charge on any atom is -0.497 e. The van der Waals surface area contributed by atoms with Gasteiger partial charge in [-0.1, -0.05) is 34.1 Å². The molecule has 3 nitrogen and oxygen atoms in total. The van der Waals surface area contributed by atoms with E-state index in [1.54, 1.807) is 7.11 Å². The van der Waals surface area contributed by atoms with E-state index in [0.29, 0.717) is 6.04 Å². The van der Waals surface area contributed by atoms with Crippen molar-refractivity contribution in [3.05, 3.63) is 58.1 Å². The molecule has 0 aliphatic carbocycles. The molecule has 0 amide bonds. The van der Waals surface area contributed by atoms with Crippen molar-refractivity contribution >= 4 is 21.6 Å². The van der Waals surface area contributed by atoms with Crippen LogP contribution in [0.5, 0.6) is 5.75 Å². The van der Waals surface area contributed by atoms with Gasteiger partial charge in [-0.2, -0.15) is 0 Å². The normalized spacial score (nSPS) is 18.2. The number of hydrogen-bond acceptors (Lipinski definition) is 3. The summed E-state index contributed by atoms with van der Waals surface area (Å²) in [5, 5.41) is 0. The summed E-state index contributed by atoms with van der Waals surface area (Å²) in [5.74, 6) is 0.937. The highest BCUT2D eigenvalue weighted by Gasteiger charge is 2.29. The van der Waals surface area contributed by atoms with Crippen LogP contribution in [0.1, 0.15) is 24.0 Å². The van der Waals surface area contributed by atoms with E-state index in [1.165, 1.54) is 60.2 Å². The van der Waals surface area contributed by atoms with Crippen LogP contribution < -0.4 is 9.64 Å². The van der Waals surface area contributed by atoms with Crippen molar-refractivity contribution < 1.29 is 4.74 Å². The lowest BCUT2D eigenvalue weighted by Crippen LogP contribution is -2.45. The number of hydrogen-bond donors (Lipinski definition) is 0. The minimum absolute atomic E-state index is 0.697. The fraction of sp³-hybridized carbons (Fsp3) is 0.455. The van der Waals surface area contributed by atoms with Gasteiger partial charge in [0, 0.05) is 42.4 Å². The number of methoxy groups -OCH3 is 1. The van der Waals surface area contributed by atoms with Crippen molar-refractivity contribution in [2.24, 2.45) is 0 Å². The van der Waals surface area contributed by atoms with E-state index in [4.69, 9.17) is 4.74 Å². The Morgan fingerprint density at radius 1 is 1.04 bits per heavy atom. The maximum Gasteiger partial charge on any atom is 0.118 e. The first-order valence-electron chi connectivity index (χ1n) is 9.63. The maximum absolute atomic E-state index is 5.24. The Morgan fingerprint density at radius 2 is 1.81 bits per heavy atom. The van der Waals surface area contributed by atoms with Crippen molar-refractivity contribution in [1.29, 1.82) is 0 Å². The lowest BCUT2D eigenvalue weighted by molar-refractivity contribution is 0.212. The first kappa shape index (κ1) is 17.9. The third kappa shape index (κ3) is 3.91. The molecule has 2 aromatic rings. The molecule has 0 aromatic heterocycles. The van der Waals surface area contributed by atoms with Gasteiger partial charge < -0.3 is 14.5 Å². The molecule has 2 heterocycles. The Kier molecular flexibility index (Phi) is 5.51. The summed E-state index contributed by atoms with van der Waals surface area (Å²) in [6, 6.07) is 15.9. The van der Waals surface area contributed by atoms with Crippen molar-refractivity contribution in [1.82, 2.24) is 4.90 Å². The van der Waals surface area contributed by atoms with E-state index in [2.05, 4.69) is 68.2 Å². The van der Waals surface area contributed by atoms with Gasteiger partial charge in [0.25, 0.3) is 0 Å². The summed E-state index contributed by atoms with van der Waals surface area (Å²) >= 11 is 3.63. The molecule has 26 heavy (non-hydrogen) atoms. The first-order chi connectivity index (χ1) is 12.7. The van der Waals surface area contributed by atoms with Crippen molar-refractivity contribution in [2.45, 2.75) is 31.7 Å². The summed E-state index contributed by atoms with van der Waals surface area (Å²) in [4.78, 5) is 5.28. The van der Waals surface area contributed by atoms with Gasteiger partial charge in [0.1, 0.15) is 5.75 Å². The molecule has 4 heteroatoms. The van der Waals surface area contributed by atoms with Crippen molar-refractivity contribution in [2.75, 3.05) is 38.2 Å². The predicted octanol–water partition coefficient (Wildman–Crippen LogP) is 4.53. The highest BCUT2D eigenvalue weighted by molar-refractivity contribution is 9.10. The lowest BCUT2D eigenvalue weighted by Gasteiger charge is -2.38. The quantitative estimate of drug-likeness (QED) is 0.714. The zero-order chi connectivity index (χ0) is 17.9. The SMILES string of the molecule is COc1ccc(CCN2CCC(N3CCc4ccc(Br)cc43)CC2)cc1. The van der Waals surface area contributed by atoms with E-state index >= 15 is 0 Å². The Balaban J connectivity index is 1.29. The van der Waals surface area contributed by atoms with Crippen LogP contribution in [0.15, 0.2) is 46.9 Å². The fourth-order valence-corrected chi connectivity index (χ4v) is 4.64. The van der Waals surface area contributed by atoms with Crippen LogP contribution in [0, 0.1) is 0 Å². The highest BCUT2D eigenvalue weighted by Crippen LogP contribution is 2.34. The number of anilines is 1. The van der Waals surface area contributed by atoms with E-state index in [0.717, 1.165) is 18.7 Å². The highest BCUT2D eigenvalue weighted by atomic mass is 79.9. The van der Waals surface area contributed by atoms with Gasteiger partial charge in [-0.15, -0.1) is 0 Å². The predicted molar refractivity (Wildman–Crippen MR) is 111 cm³/mol. The standard InChI is InChI=1S/C22H27BrN2O/c1-26-21-6-2-17(3-7-21)8-12-24-13-10-20(11-14-24)25-15-9-18-4-5-19(23)16-22(18)25/h2-7,16,20H,8-15H2,1H3. The molecule has 4 rings (SSSR count). The van der Waals surface area contributed by atoms with Crippen LogP contribution in [0.3, 0.4) is 0 Å². The van der Waals surface area contributed by atoms with Gasteiger partial charge in [-0.05, 0) is 61.1 Å². The molecule has 0 unspecified atom stereocenters. The van der Waals surface area contributed by atoms with Crippen molar-refractivity contribution in [3.8, 4) is 5.75 Å². The molecule has 0 saturated carbocycles.